The molecule has 0 bridgehead atoms. The summed E-state index contributed by atoms with van der Waals surface area (Å²) in [7, 11) is 0. The fraction of sp³-hybridized carbons (Fsp3) is 0.389. The van der Waals surface area contributed by atoms with Crippen LogP contribution in [-0.2, 0) is 9.59 Å². The van der Waals surface area contributed by atoms with Crippen LogP contribution in [0.15, 0.2) is 23.8 Å². The molecule has 0 spiro atoms. The van der Waals surface area contributed by atoms with Gasteiger partial charge < -0.3 is 20.5 Å². The summed E-state index contributed by atoms with van der Waals surface area (Å²) in [5, 5.41) is 12.0. The molecule has 1 aromatic carbocycles. The molecule has 0 aliphatic rings. The minimum absolute atomic E-state index is 0.00597. The second-order valence-electron chi connectivity index (χ2n) is 5.35. The molecule has 0 saturated heterocycles. The molecule has 1 rings (SSSR count). The number of primary amides is 1. The molecule has 25 heavy (non-hydrogen) atoms. The van der Waals surface area contributed by atoms with E-state index in [0.29, 0.717) is 23.7 Å². The number of nitrogens with zero attached hydrogens (tertiary/aromatic N) is 1. The van der Waals surface area contributed by atoms with Crippen molar-refractivity contribution in [2.75, 3.05) is 13.2 Å². The fourth-order valence-corrected chi connectivity index (χ4v) is 1.87. The summed E-state index contributed by atoms with van der Waals surface area (Å²) in [5.41, 5.74) is 5.66. The first-order valence-corrected chi connectivity index (χ1v) is 8.01. The van der Waals surface area contributed by atoms with Gasteiger partial charge in [-0.25, -0.2) is 0 Å². The highest BCUT2D eigenvalue weighted by atomic mass is 16.5. The van der Waals surface area contributed by atoms with E-state index in [2.05, 4.69) is 5.32 Å². The maximum atomic E-state index is 12.1. The van der Waals surface area contributed by atoms with E-state index in [1.165, 1.54) is 6.08 Å². The van der Waals surface area contributed by atoms with Crippen molar-refractivity contribution in [3.8, 4) is 17.6 Å². The van der Waals surface area contributed by atoms with Gasteiger partial charge in [-0.3, -0.25) is 9.59 Å². The van der Waals surface area contributed by atoms with Gasteiger partial charge in [0.15, 0.2) is 18.1 Å². The van der Waals surface area contributed by atoms with E-state index in [1.54, 1.807) is 25.1 Å². The van der Waals surface area contributed by atoms with Crippen LogP contribution in [0.4, 0.5) is 0 Å². The molecule has 1 atom stereocenters. The average molecular weight is 345 g/mol. The molecule has 0 aliphatic carbocycles. The minimum atomic E-state index is -0.597. The van der Waals surface area contributed by atoms with Crippen molar-refractivity contribution in [1.82, 2.24) is 5.32 Å². The molecule has 7 nitrogen and oxygen atoms in total. The lowest BCUT2D eigenvalue weighted by molar-refractivity contribution is -0.120. The highest BCUT2D eigenvalue weighted by Gasteiger charge is 2.13. The highest BCUT2D eigenvalue weighted by molar-refractivity contribution is 6.01. The molecule has 134 valence electrons. The number of hydrogen-bond acceptors (Lipinski definition) is 5. The second kappa shape index (κ2) is 9.98. The molecule has 7 heteroatoms. The number of rotatable bonds is 9. The van der Waals surface area contributed by atoms with E-state index in [9.17, 15) is 14.9 Å². The first kappa shape index (κ1) is 20.0. The Kier molecular flexibility index (Phi) is 8.00. The number of carbonyl (C=O) groups is 2. The van der Waals surface area contributed by atoms with Crippen molar-refractivity contribution < 1.29 is 19.1 Å². The number of carbonyl (C=O) groups excluding carboxylic acids is 2. The summed E-state index contributed by atoms with van der Waals surface area (Å²) in [5.74, 6) is -0.263. The number of nitrogens with one attached hydrogen (secondary N) is 1. The Bertz CT molecular complexity index is 692. The predicted molar refractivity (Wildman–Crippen MR) is 93.8 cm³/mol. The molecule has 0 unspecified atom stereocenters. The molecular formula is C18H23N3O4. The van der Waals surface area contributed by atoms with Gasteiger partial charge in [-0.15, -0.1) is 0 Å². The lowest BCUT2D eigenvalue weighted by Crippen LogP contribution is -2.32. The third-order valence-electron chi connectivity index (χ3n) is 3.30. The average Bonchev–Trinajstić information content (AvgIpc) is 2.58. The molecule has 2 amide bonds. The minimum Gasteiger partial charge on any atom is -0.490 e. The zero-order chi connectivity index (χ0) is 18.8. The molecule has 0 radical (unpaired) electrons. The van der Waals surface area contributed by atoms with Gasteiger partial charge in [-0.2, -0.15) is 5.26 Å². The van der Waals surface area contributed by atoms with Gasteiger partial charge in [-0.05, 0) is 44.0 Å². The molecule has 0 aliphatic heterocycles. The van der Waals surface area contributed by atoms with Crippen LogP contribution in [0.25, 0.3) is 6.08 Å². The fourth-order valence-electron chi connectivity index (χ4n) is 1.87. The third kappa shape index (κ3) is 6.55. The predicted octanol–water partition coefficient (Wildman–Crippen LogP) is 1.77. The van der Waals surface area contributed by atoms with E-state index in [1.807, 2.05) is 19.9 Å². The lowest BCUT2D eigenvalue weighted by atomic mass is 10.1. The molecule has 0 heterocycles. The molecule has 1 aromatic rings. The lowest BCUT2D eigenvalue weighted by Gasteiger charge is -2.12. The Balaban J connectivity index is 3.06. The zero-order valence-electron chi connectivity index (χ0n) is 14.7. The van der Waals surface area contributed by atoms with Crippen molar-refractivity contribution in [3.63, 3.8) is 0 Å². The number of amides is 2. The van der Waals surface area contributed by atoms with E-state index >= 15 is 0 Å². The largest absolute Gasteiger partial charge is 0.490 e. The van der Waals surface area contributed by atoms with Gasteiger partial charge in [0.2, 0.25) is 0 Å². The van der Waals surface area contributed by atoms with Crippen LogP contribution in [0, 0.1) is 11.3 Å². The van der Waals surface area contributed by atoms with Gasteiger partial charge in [-0.1, -0.05) is 13.0 Å². The molecule has 3 N–H and O–H groups in total. The SMILES string of the molecule is CCOc1cc(/C=C(\C#N)C(=O)N[C@@H](C)CC)ccc1OCC(N)=O. The number of nitrogens with two attached hydrogens (primary N) is 1. The van der Waals surface area contributed by atoms with Crippen LogP contribution in [0.1, 0.15) is 32.8 Å². The van der Waals surface area contributed by atoms with Crippen molar-refractivity contribution >= 4 is 17.9 Å². The summed E-state index contributed by atoms with van der Waals surface area (Å²) in [6.07, 6.45) is 2.24. The number of benzene rings is 1. The second-order valence-corrected chi connectivity index (χ2v) is 5.35. The van der Waals surface area contributed by atoms with Crippen LogP contribution in [-0.4, -0.2) is 31.1 Å². The molecule has 0 aromatic heterocycles. The third-order valence-corrected chi connectivity index (χ3v) is 3.30. The van der Waals surface area contributed by atoms with Crippen molar-refractivity contribution in [1.29, 1.82) is 5.26 Å². The van der Waals surface area contributed by atoms with Crippen molar-refractivity contribution in [2.45, 2.75) is 33.2 Å². The quantitative estimate of drug-likeness (QED) is 0.523. The Hall–Kier alpha value is -3.01. The summed E-state index contributed by atoms with van der Waals surface area (Å²) >= 11 is 0. The summed E-state index contributed by atoms with van der Waals surface area (Å²) in [6.45, 7) is 5.74. The molecule has 0 saturated carbocycles. The summed E-state index contributed by atoms with van der Waals surface area (Å²) < 4.78 is 10.8. The van der Waals surface area contributed by atoms with E-state index < -0.39 is 11.8 Å². The van der Waals surface area contributed by atoms with Gasteiger partial charge in [0.1, 0.15) is 11.6 Å². The van der Waals surface area contributed by atoms with E-state index in [4.69, 9.17) is 15.2 Å². The van der Waals surface area contributed by atoms with Gasteiger partial charge in [0.05, 0.1) is 6.61 Å². The molecular weight excluding hydrogens is 322 g/mol. The Morgan fingerprint density at radius 3 is 2.60 bits per heavy atom. The number of nitriles is 1. The van der Waals surface area contributed by atoms with Gasteiger partial charge >= 0.3 is 0 Å². The van der Waals surface area contributed by atoms with Crippen LogP contribution in [0.2, 0.25) is 0 Å². The van der Waals surface area contributed by atoms with Crippen LogP contribution < -0.4 is 20.5 Å². The van der Waals surface area contributed by atoms with E-state index in [0.717, 1.165) is 6.42 Å². The normalized spacial score (nSPS) is 12.0. The smallest absolute Gasteiger partial charge is 0.262 e. The van der Waals surface area contributed by atoms with Crippen LogP contribution in [0.5, 0.6) is 11.5 Å². The first-order valence-electron chi connectivity index (χ1n) is 8.01. The topological polar surface area (TPSA) is 114 Å². The monoisotopic (exact) mass is 345 g/mol. The summed E-state index contributed by atoms with van der Waals surface area (Å²) in [4.78, 5) is 22.9. The van der Waals surface area contributed by atoms with Crippen molar-refractivity contribution in [2.24, 2.45) is 5.73 Å². The number of hydrogen-bond donors (Lipinski definition) is 2. The Morgan fingerprint density at radius 1 is 1.32 bits per heavy atom. The maximum Gasteiger partial charge on any atom is 0.262 e. The van der Waals surface area contributed by atoms with Crippen molar-refractivity contribution in [3.05, 3.63) is 29.3 Å². The Labute approximate surface area is 147 Å². The highest BCUT2D eigenvalue weighted by Crippen LogP contribution is 2.29. The first-order chi connectivity index (χ1) is 11.9. The number of ether oxygens (including phenoxy) is 2. The van der Waals surface area contributed by atoms with Gasteiger partial charge in [0.25, 0.3) is 11.8 Å². The zero-order valence-corrected chi connectivity index (χ0v) is 14.7. The van der Waals surface area contributed by atoms with Gasteiger partial charge in [0, 0.05) is 6.04 Å². The standard InChI is InChI=1S/C18H23N3O4/c1-4-12(3)21-18(23)14(10-19)8-13-6-7-15(25-11-17(20)22)16(9-13)24-5-2/h6-9,12H,4-5,11H2,1-3H3,(H2,20,22)(H,21,23)/b14-8+/t12-/m0/s1. The van der Waals surface area contributed by atoms with Crippen LogP contribution >= 0.6 is 0 Å². The maximum absolute atomic E-state index is 12.1. The molecule has 0 fully saturated rings. The van der Waals surface area contributed by atoms with Crippen LogP contribution in [0.3, 0.4) is 0 Å². The Morgan fingerprint density at radius 2 is 2.04 bits per heavy atom. The summed E-state index contributed by atoms with van der Waals surface area (Å²) in [6, 6.07) is 6.77. The van der Waals surface area contributed by atoms with E-state index in [-0.39, 0.29) is 18.2 Å².